The molecule has 0 spiro atoms. The maximum absolute atomic E-state index is 12.7. The first-order valence-corrected chi connectivity index (χ1v) is 8.93. The van der Waals surface area contributed by atoms with Gasteiger partial charge in [0.25, 0.3) is 0 Å². The summed E-state index contributed by atoms with van der Waals surface area (Å²) in [5.41, 5.74) is 0.523. The molecule has 1 aromatic carbocycles. The molecule has 0 saturated heterocycles. The van der Waals surface area contributed by atoms with E-state index in [1.54, 1.807) is 6.07 Å². The number of hydrogen-bond donors (Lipinski definition) is 3. The molecular formula is C18H29F2IN4O3. The van der Waals surface area contributed by atoms with Crippen molar-refractivity contribution < 1.29 is 23.0 Å². The number of nitrogens with zero attached hydrogens (tertiary/aromatic N) is 1. The second-order valence-electron chi connectivity index (χ2n) is 6.99. The van der Waals surface area contributed by atoms with Crippen LogP contribution < -0.4 is 30.2 Å². The number of halogens is 3. The Morgan fingerprint density at radius 1 is 1.18 bits per heavy atom. The largest absolute Gasteiger partial charge is 0.454 e. The van der Waals surface area contributed by atoms with E-state index in [4.69, 9.17) is 9.47 Å². The lowest BCUT2D eigenvalue weighted by Gasteiger charge is -2.21. The highest BCUT2D eigenvalue weighted by atomic mass is 127. The van der Waals surface area contributed by atoms with E-state index >= 15 is 0 Å². The van der Waals surface area contributed by atoms with Crippen molar-refractivity contribution in [3.8, 4) is 17.2 Å². The minimum Gasteiger partial charge on any atom is -0.454 e. The molecule has 1 aliphatic heterocycles. The number of hydrogen-bond acceptors (Lipinski definition) is 5. The molecule has 3 N–H and O–H groups in total. The molecule has 28 heavy (non-hydrogen) atoms. The van der Waals surface area contributed by atoms with Crippen LogP contribution >= 0.6 is 24.0 Å². The third kappa shape index (κ3) is 8.21. The van der Waals surface area contributed by atoms with Crippen LogP contribution in [0.1, 0.15) is 33.3 Å². The SMILES string of the molecule is CCNC(=NCc1cc2c(cc1OC(F)F)OCO2)NCCNC(C)(C)C.I. The van der Waals surface area contributed by atoms with Crippen molar-refractivity contribution in [3.63, 3.8) is 0 Å². The van der Waals surface area contributed by atoms with Gasteiger partial charge < -0.3 is 30.2 Å². The zero-order chi connectivity index (χ0) is 19.9. The average molecular weight is 514 g/mol. The lowest BCUT2D eigenvalue weighted by atomic mass is 10.1. The summed E-state index contributed by atoms with van der Waals surface area (Å²) in [5, 5.41) is 9.71. The first-order chi connectivity index (χ1) is 12.8. The van der Waals surface area contributed by atoms with Gasteiger partial charge in [0.15, 0.2) is 17.5 Å². The van der Waals surface area contributed by atoms with E-state index in [0.29, 0.717) is 36.1 Å². The molecule has 0 saturated carbocycles. The highest BCUT2D eigenvalue weighted by Crippen LogP contribution is 2.38. The third-order valence-corrected chi connectivity index (χ3v) is 3.60. The van der Waals surface area contributed by atoms with Crippen molar-refractivity contribution in [1.82, 2.24) is 16.0 Å². The van der Waals surface area contributed by atoms with Gasteiger partial charge in [-0.25, -0.2) is 4.99 Å². The smallest absolute Gasteiger partial charge is 0.387 e. The predicted molar refractivity (Wildman–Crippen MR) is 115 cm³/mol. The van der Waals surface area contributed by atoms with E-state index in [1.807, 2.05) is 6.92 Å². The first-order valence-electron chi connectivity index (χ1n) is 8.93. The molecule has 160 valence electrons. The lowest BCUT2D eigenvalue weighted by Crippen LogP contribution is -2.44. The fourth-order valence-corrected chi connectivity index (χ4v) is 2.42. The van der Waals surface area contributed by atoms with Crippen molar-refractivity contribution >= 4 is 29.9 Å². The van der Waals surface area contributed by atoms with Crippen molar-refractivity contribution in [2.24, 2.45) is 4.99 Å². The number of ether oxygens (including phenoxy) is 3. The Balaban J connectivity index is 0.00000392. The second-order valence-corrected chi connectivity index (χ2v) is 6.99. The molecule has 1 aliphatic rings. The molecule has 0 aromatic heterocycles. The minimum atomic E-state index is -2.93. The van der Waals surface area contributed by atoms with Crippen LogP contribution in [0.25, 0.3) is 0 Å². The average Bonchev–Trinajstić information content (AvgIpc) is 3.02. The summed E-state index contributed by atoms with van der Waals surface area (Å²) < 4.78 is 40.6. The summed E-state index contributed by atoms with van der Waals surface area (Å²) in [6.45, 7) is 7.63. The van der Waals surface area contributed by atoms with Crippen molar-refractivity contribution in [1.29, 1.82) is 0 Å². The highest BCUT2D eigenvalue weighted by Gasteiger charge is 2.20. The zero-order valence-electron chi connectivity index (χ0n) is 16.6. The van der Waals surface area contributed by atoms with Crippen LogP contribution in [0.15, 0.2) is 17.1 Å². The monoisotopic (exact) mass is 514 g/mol. The molecule has 0 bridgehead atoms. The topological polar surface area (TPSA) is 76.1 Å². The summed E-state index contributed by atoms with van der Waals surface area (Å²) in [5.74, 6) is 1.50. The Morgan fingerprint density at radius 2 is 1.86 bits per heavy atom. The quantitative estimate of drug-likeness (QED) is 0.214. The Labute approximate surface area is 181 Å². The highest BCUT2D eigenvalue weighted by molar-refractivity contribution is 14.0. The van der Waals surface area contributed by atoms with Gasteiger partial charge in [-0.15, -0.1) is 24.0 Å². The lowest BCUT2D eigenvalue weighted by molar-refractivity contribution is -0.0505. The maximum Gasteiger partial charge on any atom is 0.387 e. The Morgan fingerprint density at radius 3 is 2.46 bits per heavy atom. The normalized spacial score (nSPS) is 13.3. The molecule has 2 rings (SSSR count). The second kappa shape index (κ2) is 11.4. The molecule has 0 atom stereocenters. The Bertz CT molecular complexity index is 654. The molecule has 0 aliphatic carbocycles. The molecule has 0 radical (unpaired) electrons. The molecule has 0 unspecified atom stereocenters. The number of guanidine groups is 1. The molecular weight excluding hydrogens is 485 g/mol. The molecule has 1 heterocycles. The van der Waals surface area contributed by atoms with Gasteiger partial charge in [0.2, 0.25) is 6.79 Å². The fraction of sp³-hybridized carbons (Fsp3) is 0.611. The van der Waals surface area contributed by atoms with Crippen LogP contribution in [-0.2, 0) is 6.54 Å². The molecule has 0 amide bonds. The summed E-state index contributed by atoms with van der Waals surface area (Å²) in [6, 6.07) is 3.03. The molecule has 0 fully saturated rings. The van der Waals surface area contributed by atoms with E-state index in [2.05, 4.69) is 46.5 Å². The van der Waals surface area contributed by atoms with Crippen molar-refractivity contribution in [2.45, 2.75) is 46.4 Å². The van der Waals surface area contributed by atoms with Gasteiger partial charge >= 0.3 is 6.61 Å². The fourth-order valence-electron chi connectivity index (χ4n) is 2.42. The standard InChI is InChI=1S/C18H28F2N4O3.HI/c1-5-21-17(22-6-7-24-18(2,3)4)23-10-12-8-14-15(26-11-25-14)9-13(12)27-16(19)20;/h8-9,16,24H,5-7,10-11H2,1-4H3,(H2,21,22,23);1H. The molecule has 1 aromatic rings. The Hall–Kier alpha value is -1.56. The van der Waals surface area contributed by atoms with Crippen molar-refractivity contribution in [3.05, 3.63) is 17.7 Å². The van der Waals surface area contributed by atoms with Crippen LogP contribution in [0.2, 0.25) is 0 Å². The summed E-state index contributed by atoms with van der Waals surface area (Å²) >= 11 is 0. The van der Waals surface area contributed by atoms with Gasteiger partial charge in [0.1, 0.15) is 5.75 Å². The van der Waals surface area contributed by atoms with Gasteiger partial charge in [-0.3, -0.25) is 0 Å². The predicted octanol–water partition coefficient (Wildman–Crippen LogP) is 3.08. The van der Waals surface area contributed by atoms with E-state index in [-0.39, 0.29) is 48.6 Å². The summed E-state index contributed by atoms with van der Waals surface area (Å²) in [6.07, 6.45) is 0. The minimum absolute atomic E-state index is 0. The van der Waals surface area contributed by atoms with Gasteiger partial charge in [-0.2, -0.15) is 8.78 Å². The van der Waals surface area contributed by atoms with Crippen LogP contribution in [0.5, 0.6) is 17.2 Å². The number of rotatable bonds is 8. The number of benzene rings is 1. The van der Waals surface area contributed by atoms with Crippen molar-refractivity contribution in [2.75, 3.05) is 26.4 Å². The third-order valence-electron chi connectivity index (χ3n) is 3.60. The van der Waals surface area contributed by atoms with E-state index in [0.717, 1.165) is 6.54 Å². The summed E-state index contributed by atoms with van der Waals surface area (Å²) in [7, 11) is 0. The van der Waals surface area contributed by atoms with E-state index in [9.17, 15) is 8.78 Å². The van der Waals surface area contributed by atoms with Crippen LogP contribution in [0.4, 0.5) is 8.78 Å². The molecule has 10 heteroatoms. The molecule has 7 nitrogen and oxygen atoms in total. The number of fused-ring (bicyclic) bond motifs is 1. The maximum atomic E-state index is 12.7. The Kier molecular flexibility index (Phi) is 10.0. The number of alkyl halides is 2. The van der Waals surface area contributed by atoms with Gasteiger partial charge in [-0.05, 0) is 33.8 Å². The number of aliphatic imine (C=N–C) groups is 1. The van der Waals surface area contributed by atoms with Gasteiger partial charge in [0.05, 0.1) is 6.54 Å². The van der Waals surface area contributed by atoms with Gasteiger partial charge in [0, 0.05) is 36.8 Å². The first kappa shape index (κ1) is 24.5. The zero-order valence-corrected chi connectivity index (χ0v) is 18.9. The van der Waals surface area contributed by atoms with Crippen LogP contribution in [-0.4, -0.2) is 44.5 Å². The number of nitrogens with one attached hydrogen (secondary N) is 3. The van der Waals surface area contributed by atoms with Crippen LogP contribution in [0.3, 0.4) is 0 Å². The van der Waals surface area contributed by atoms with E-state index < -0.39 is 6.61 Å². The van der Waals surface area contributed by atoms with E-state index in [1.165, 1.54) is 6.07 Å². The van der Waals surface area contributed by atoms with Crippen LogP contribution in [0, 0.1) is 0 Å². The van der Waals surface area contributed by atoms with Gasteiger partial charge in [-0.1, -0.05) is 0 Å². The summed E-state index contributed by atoms with van der Waals surface area (Å²) in [4.78, 5) is 4.46.